The summed E-state index contributed by atoms with van der Waals surface area (Å²) < 4.78 is 1.79. The van der Waals surface area contributed by atoms with Gasteiger partial charge >= 0.3 is 0 Å². The third-order valence-corrected chi connectivity index (χ3v) is 4.54. The third kappa shape index (κ3) is 3.89. The molecule has 2 saturated heterocycles. The Morgan fingerprint density at radius 1 is 1.36 bits per heavy atom. The molecule has 7 nitrogen and oxygen atoms in total. The summed E-state index contributed by atoms with van der Waals surface area (Å²) in [5.41, 5.74) is 0. The largest absolute Gasteiger partial charge is 0.349 e. The molecule has 2 aliphatic heterocycles. The first-order valence-electron chi connectivity index (χ1n) is 7.80. The lowest BCUT2D eigenvalue weighted by Gasteiger charge is -2.25. The number of nitrogens with one attached hydrogen (secondary N) is 1. The van der Waals surface area contributed by atoms with Gasteiger partial charge in [-0.3, -0.25) is 14.6 Å². The molecule has 3 rings (SSSR count). The van der Waals surface area contributed by atoms with E-state index in [9.17, 15) is 0 Å². The Bertz CT molecular complexity index is 495. The molecule has 0 aliphatic carbocycles. The Kier molecular flexibility index (Phi) is 6.42. The Hall–Kier alpha value is -0.900. The van der Waals surface area contributed by atoms with Crippen molar-refractivity contribution in [3.8, 4) is 0 Å². The van der Waals surface area contributed by atoms with E-state index in [1.54, 1.807) is 11.0 Å². The highest BCUT2D eigenvalue weighted by atomic mass is 127. The van der Waals surface area contributed by atoms with Gasteiger partial charge in [-0.1, -0.05) is 0 Å². The number of rotatable bonds is 3. The molecule has 0 aromatic carbocycles. The first kappa shape index (κ1) is 17.5. The zero-order valence-electron chi connectivity index (χ0n) is 13.4. The summed E-state index contributed by atoms with van der Waals surface area (Å²) in [6.45, 7) is 5.36. The van der Waals surface area contributed by atoms with Crippen LogP contribution in [0.4, 0.5) is 0 Å². The second kappa shape index (κ2) is 8.09. The number of hydrogen-bond donors (Lipinski definition) is 1. The lowest BCUT2D eigenvalue weighted by molar-refractivity contribution is 0.249. The molecule has 1 aromatic heterocycles. The Labute approximate surface area is 149 Å². The van der Waals surface area contributed by atoms with Gasteiger partial charge in [-0.2, -0.15) is 5.10 Å². The maximum absolute atomic E-state index is 4.42. The van der Waals surface area contributed by atoms with Gasteiger partial charge < -0.3 is 10.2 Å². The number of aliphatic imine (C=N–C) groups is 1. The molecule has 2 aliphatic rings. The minimum atomic E-state index is 0. The van der Waals surface area contributed by atoms with Gasteiger partial charge in [-0.15, -0.1) is 24.0 Å². The zero-order valence-corrected chi connectivity index (χ0v) is 15.7. The lowest BCUT2D eigenvalue weighted by Crippen LogP contribution is -2.42. The molecular weight excluding hydrogens is 393 g/mol. The molecule has 1 atom stereocenters. The molecule has 1 aromatic rings. The summed E-state index contributed by atoms with van der Waals surface area (Å²) in [4.78, 5) is 13.6. The maximum atomic E-state index is 4.42. The molecule has 0 bridgehead atoms. The van der Waals surface area contributed by atoms with Crippen molar-refractivity contribution in [3.05, 3.63) is 12.2 Å². The van der Waals surface area contributed by atoms with Crippen molar-refractivity contribution in [1.29, 1.82) is 0 Å². The molecule has 1 N–H and O–H groups in total. The van der Waals surface area contributed by atoms with Crippen molar-refractivity contribution < 1.29 is 0 Å². The summed E-state index contributed by atoms with van der Waals surface area (Å²) >= 11 is 0. The van der Waals surface area contributed by atoms with Gasteiger partial charge in [-0.05, 0) is 32.4 Å². The van der Waals surface area contributed by atoms with Gasteiger partial charge in [0.2, 0.25) is 0 Å². The van der Waals surface area contributed by atoms with Crippen LogP contribution in [0.25, 0.3) is 0 Å². The van der Waals surface area contributed by atoms with Crippen molar-refractivity contribution in [3.63, 3.8) is 0 Å². The van der Waals surface area contributed by atoms with E-state index in [0.717, 1.165) is 24.9 Å². The minimum Gasteiger partial charge on any atom is -0.349 e. The number of likely N-dealkylation sites (tertiary alicyclic amines) is 2. The molecule has 1 unspecified atom stereocenters. The summed E-state index contributed by atoms with van der Waals surface area (Å²) in [6.07, 6.45) is 5.54. The van der Waals surface area contributed by atoms with Crippen LogP contribution in [-0.2, 0) is 13.6 Å². The molecule has 2 fully saturated rings. The van der Waals surface area contributed by atoms with Crippen LogP contribution in [0.2, 0.25) is 0 Å². The molecular formula is C14H26IN7. The smallest absolute Gasteiger partial charge is 0.194 e. The Morgan fingerprint density at radius 2 is 2.14 bits per heavy atom. The van der Waals surface area contributed by atoms with E-state index in [1.807, 2.05) is 14.1 Å². The van der Waals surface area contributed by atoms with Crippen molar-refractivity contribution >= 4 is 29.9 Å². The third-order valence-electron chi connectivity index (χ3n) is 4.54. The summed E-state index contributed by atoms with van der Waals surface area (Å²) in [5, 5.41) is 7.49. The quantitative estimate of drug-likeness (QED) is 0.444. The highest BCUT2D eigenvalue weighted by Crippen LogP contribution is 2.20. The van der Waals surface area contributed by atoms with Crippen LogP contribution in [0.1, 0.15) is 25.1 Å². The standard InChI is InChI=1S/C14H25N7.HI/c1-15-14(16-9-13-17-11-18-19(13)2)21-8-5-12(10-21)20-6-3-4-7-20;/h11-12H,3-10H2,1-2H3,(H,15,16);1H. The SMILES string of the molecule is CN=C(NCc1ncnn1C)N1CCC(N2CCCC2)C1.I. The van der Waals surface area contributed by atoms with Gasteiger partial charge in [0.05, 0.1) is 6.54 Å². The lowest BCUT2D eigenvalue weighted by atomic mass is 10.2. The van der Waals surface area contributed by atoms with Gasteiger partial charge in [0, 0.05) is 33.2 Å². The average Bonchev–Trinajstić information content (AvgIpc) is 3.20. The maximum Gasteiger partial charge on any atom is 0.194 e. The summed E-state index contributed by atoms with van der Waals surface area (Å²) in [6, 6.07) is 0.695. The number of aromatic nitrogens is 3. The van der Waals surface area contributed by atoms with Crippen LogP contribution in [0.5, 0.6) is 0 Å². The molecule has 0 saturated carbocycles. The number of halogens is 1. The number of aryl methyl sites for hydroxylation is 1. The van der Waals surface area contributed by atoms with Crippen LogP contribution < -0.4 is 5.32 Å². The highest BCUT2D eigenvalue weighted by Gasteiger charge is 2.30. The Morgan fingerprint density at radius 3 is 2.77 bits per heavy atom. The normalized spacial score (nSPS) is 22.9. The highest BCUT2D eigenvalue weighted by molar-refractivity contribution is 14.0. The van der Waals surface area contributed by atoms with Gasteiger partial charge in [0.25, 0.3) is 0 Å². The van der Waals surface area contributed by atoms with E-state index < -0.39 is 0 Å². The van der Waals surface area contributed by atoms with Gasteiger partial charge in [0.1, 0.15) is 12.2 Å². The molecule has 0 radical (unpaired) electrons. The molecule has 8 heteroatoms. The average molecular weight is 419 g/mol. The van der Waals surface area contributed by atoms with Crippen molar-refractivity contribution in [2.45, 2.75) is 31.8 Å². The number of hydrogen-bond acceptors (Lipinski definition) is 4. The fraction of sp³-hybridized carbons (Fsp3) is 0.786. The molecule has 22 heavy (non-hydrogen) atoms. The van der Waals surface area contributed by atoms with Crippen LogP contribution >= 0.6 is 24.0 Å². The molecule has 124 valence electrons. The molecule has 3 heterocycles. The van der Waals surface area contributed by atoms with Crippen molar-refractivity contribution in [2.24, 2.45) is 12.0 Å². The van der Waals surface area contributed by atoms with E-state index in [4.69, 9.17) is 0 Å². The van der Waals surface area contributed by atoms with E-state index in [2.05, 4.69) is 30.2 Å². The zero-order chi connectivity index (χ0) is 14.7. The monoisotopic (exact) mass is 419 g/mol. The number of guanidine groups is 1. The second-order valence-corrected chi connectivity index (χ2v) is 5.83. The van der Waals surface area contributed by atoms with Gasteiger partial charge in [0.15, 0.2) is 5.96 Å². The van der Waals surface area contributed by atoms with E-state index in [-0.39, 0.29) is 24.0 Å². The van der Waals surface area contributed by atoms with E-state index in [0.29, 0.717) is 12.6 Å². The predicted molar refractivity (Wildman–Crippen MR) is 97.4 cm³/mol. The fourth-order valence-electron chi connectivity index (χ4n) is 3.31. The predicted octanol–water partition coefficient (Wildman–Crippen LogP) is 0.679. The van der Waals surface area contributed by atoms with Gasteiger partial charge in [-0.25, -0.2) is 4.98 Å². The Balaban J connectivity index is 0.00000176. The molecule has 0 spiro atoms. The fourth-order valence-corrected chi connectivity index (χ4v) is 3.31. The molecule has 0 amide bonds. The first-order valence-corrected chi connectivity index (χ1v) is 7.80. The second-order valence-electron chi connectivity index (χ2n) is 5.83. The van der Waals surface area contributed by atoms with Crippen LogP contribution in [-0.4, -0.2) is 69.8 Å². The topological polar surface area (TPSA) is 61.6 Å². The van der Waals surface area contributed by atoms with Crippen LogP contribution in [0.15, 0.2) is 11.3 Å². The van der Waals surface area contributed by atoms with Crippen molar-refractivity contribution in [2.75, 3.05) is 33.2 Å². The summed E-state index contributed by atoms with van der Waals surface area (Å²) in [5.74, 6) is 1.89. The van der Waals surface area contributed by atoms with E-state index >= 15 is 0 Å². The van der Waals surface area contributed by atoms with E-state index in [1.165, 1.54) is 32.4 Å². The van der Waals surface area contributed by atoms with Crippen molar-refractivity contribution in [1.82, 2.24) is 29.9 Å². The van der Waals surface area contributed by atoms with Crippen LogP contribution in [0, 0.1) is 0 Å². The number of nitrogens with zero attached hydrogens (tertiary/aromatic N) is 6. The summed E-state index contributed by atoms with van der Waals surface area (Å²) in [7, 11) is 3.76. The minimum absolute atomic E-state index is 0. The first-order chi connectivity index (χ1) is 10.3. The van der Waals surface area contributed by atoms with Crippen LogP contribution in [0.3, 0.4) is 0 Å².